The van der Waals surface area contributed by atoms with E-state index in [0.29, 0.717) is 18.0 Å². The predicted octanol–water partition coefficient (Wildman–Crippen LogP) is 4.14. The first-order chi connectivity index (χ1) is 16.1. The number of nitrogens with zero attached hydrogens (tertiary/aromatic N) is 3. The van der Waals surface area contributed by atoms with E-state index in [0.717, 1.165) is 31.2 Å². The number of nitrogens with one attached hydrogen (secondary N) is 1. The van der Waals surface area contributed by atoms with E-state index >= 15 is 0 Å². The summed E-state index contributed by atoms with van der Waals surface area (Å²) in [6.07, 6.45) is 7.09. The van der Waals surface area contributed by atoms with Crippen molar-refractivity contribution in [2.75, 3.05) is 11.9 Å². The van der Waals surface area contributed by atoms with E-state index in [4.69, 9.17) is 14.5 Å². The number of carbonyl (C=O) groups excluding carboxylic acids is 1. The Kier molecular flexibility index (Phi) is 5.23. The molecule has 2 unspecified atom stereocenters. The summed E-state index contributed by atoms with van der Waals surface area (Å²) < 4.78 is 40.1. The fraction of sp³-hybridized carbons (Fsp3) is 0.458. The van der Waals surface area contributed by atoms with Gasteiger partial charge in [-0.05, 0) is 52.2 Å². The zero-order valence-electron chi connectivity index (χ0n) is 19.2. The summed E-state index contributed by atoms with van der Waals surface area (Å²) >= 11 is 0. The molecule has 1 saturated heterocycles. The summed E-state index contributed by atoms with van der Waals surface area (Å²) in [4.78, 5) is 30.3. The monoisotopic (exact) mass is 472 g/mol. The van der Waals surface area contributed by atoms with Gasteiger partial charge in [0.2, 0.25) is 0 Å². The van der Waals surface area contributed by atoms with Crippen LogP contribution in [-0.2, 0) is 10.2 Å². The Bertz CT molecular complexity index is 1320. The van der Waals surface area contributed by atoms with Crippen molar-refractivity contribution in [3.63, 3.8) is 0 Å². The molecule has 1 aliphatic carbocycles. The molecule has 180 valence electrons. The maximum atomic E-state index is 13.1. The number of halogens is 2. The topological polar surface area (TPSA) is 86.9 Å². The Morgan fingerprint density at radius 3 is 2.71 bits per heavy atom. The summed E-state index contributed by atoms with van der Waals surface area (Å²) in [5.74, 6) is -0.355. The zero-order valence-corrected chi connectivity index (χ0v) is 19.2. The smallest absolute Gasteiger partial charge is 0.321 e. The van der Waals surface area contributed by atoms with Crippen LogP contribution in [0, 0.1) is 0 Å². The summed E-state index contributed by atoms with van der Waals surface area (Å²) in [5.41, 5.74) is 0.185. The Morgan fingerprint density at radius 2 is 2.09 bits per heavy atom. The molecule has 8 nitrogen and oxygen atoms in total. The second kappa shape index (κ2) is 7.90. The average molecular weight is 472 g/mol. The van der Waals surface area contributed by atoms with E-state index in [1.165, 1.54) is 12.1 Å². The molecular weight excluding hydrogens is 446 g/mol. The van der Waals surface area contributed by atoms with Crippen molar-refractivity contribution in [1.29, 1.82) is 0 Å². The molecule has 2 bridgehead atoms. The number of pyridine rings is 2. The minimum atomic E-state index is -3.01. The fourth-order valence-electron chi connectivity index (χ4n) is 4.99. The van der Waals surface area contributed by atoms with E-state index in [9.17, 15) is 18.4 Å². The molecule has 1 N–H and O–H groups in total. The number of ether oxygens (including phenoxy) is 2. The molecule has 4 heterocycles. The molecule has 1 saturated carbocycles. The lowest BCUT2D eigenvalue weighted by Gasteiger charge is -2.24. The molecule has 0 aromatic carbocycles. The number of rotatable bonds is 6. The molecule has 3 aromatic rings. The van der Waals surface area contributed by atoms with E-state index in [1.807, 2.05) is 20.0 Å². The standard InChI is InChI=1S/C24H26F2N4O4/c1-14(2)34-17-9-19-28-18(24-7-6-23(3,12-24)33-13-24)11-29(19)10-15(17)20(31)27-16-5-4-8-30(21(16)32)22(25)26/h4-5,8-11,14,22H,6-7,12-13H2,1-3H3,(H,27,31). The van der Waals surface area contributed by atoms with Crippen molar-refractivity contribution in [3.05, 3.63) is 58.4 Å². The minimum Gasteiger partial charge on any atom is -0.490 e. The Hall–Kier alpha value is -3.27. The Labute approximate surface area is 194 Å². The van der Waals surface area contributed by atoms with Crippen LogP contribution in [0.3, 0.4) is 0 Å². The van der Waals surface area contributed by atoms with E-state index < -0.39 is 18.0 Å². The van der Waals surface area contributed by atoms with Gasteiger partial charge in [-0.3, -0.25) is 14.2 Å². The van der Waals surface area contributed by atoms with Gasteiger partial charge in [-0.15, -0.1) is 0 Å². The van der Waals surface area contributed by atoms with Gasteiger partial charge in [-0.2, -0.15) is 8.78 Å². The summed E-state index contributed by atoms with van der Waals surface area (Å²) in [7, 11) is 0. The molecule has 1 aliphatic heterocycles. The van der Waals surface area contributed by atoms with Gasteiger partial charge in [0.25, 0.3) is 11.5 Å². The number of fused-ring (bicyclic) bond motifs is 3. The highest BCUT2D eigenvalue weighted by atomic mass is 19.3. The van der Waals surface area contributed by atoms with Gasteiger partial charge in [0.1, 0.15) is 17.1 Å². The van der Waals surface area contributed by atoms with Gasteiger partial charge in [-0.1, -0.05) is 0 Å². The normalized spacial score (nSPS) is 23.9. The molecule has 10 heteroatoms. The third-order valence-corrected chi connectivity index (χ3v) is 6.68. The first-order valence-corrected chi connectivity index (χ1v) is 11.2. The fourth-order valence-corrected chi connectivity index (χ4v) is 4.99. The quantitative estimate of drug-likeness (QED) is 0.583. The second-order valence-corrected chi connectivity index (χ2v) is 9.67. The highest BCUT2D eigenvalue weighted by Crippen LogP contribution is 2.53. The third-order valence-electron chi connectivity index (χ3n) is 6.68. The number of hydrogen-bond acceptors (Lipinski definition) is 5. The van der Waals surface area contributed by atoms with E-state index in [2.05, 4.69) is 12.2 Å². The van der Waals surface area contributed by atoms with Crippen LogP contribution >= 0.6 is 0 Å². The maximum Gasteiger partial charge on any atom is 0.321 e. The number of anilines is 1. The average Bonchev–Trinajstić information content (AvgIpc) is 3.44. The number of aromatic nitrogens is 3. The van der Waals surface area contributed by atoms with Crippen molar-refractivity contribution in [2.45, 2.75) is 63.7 Å². The Balaban J connectivity index is 1.53. The molecule has 5 rings (SSSR count). The molecule has 1 amide bonds. The summed E-state index contributed by atoms with van der Waals surface area (Å²) in [6, 6.07) is 4.24. The molecule has 34 heavy (non-hydrogen) atoms. The first-order valence-electron chi connectivity index (χ1n) is 11.2. The van der Waals surface area contributed by atoms with Crippen LogP contribution in [0.15, 0.2) is 41.6 Å². The lowest BCUT2D eigenvalue weighted by atomic mass is 9.84. The van der Waals surface area contributed by atoms with Crippen molar-refractivity contribution in [3.8, 4) is 5.75 Å². The minimum absolute atomic E-state index is 0.117. The summed E-state index contributed by atoms with van der Waals surface area (Å²) in [6.45, 7) is 3.38. The molecule has 0 radical (unpaired) electrons. The second-order valence-electron chi connectivity index (χ2n) is 9.67. The Morgan fingerprint density at radius 1 is 1.29 bits per heavy atom. The van der Waals surface area contributed by atoms with Crippen LogP contribution in [0.4, 0.5) is 14.5 Å². The van der Waals surface area contributed by atoms with Crippen molar-refractivity contribution < 1.29 is 23.0 Å². The van der Waals surface area contributed by atoms with Crippen LogP contribution in [0.5, 0.6) is 5.75 Å². The van der Waals surface area contributed by atoms with Gasteiger partial charge in [0, 0.05) is 30.1 Å². The predicted molar refractivity (Wildman–Crippen MR) is 121 cm³/mol. The molecule has 0 spiro atoms. The SMILES string of the molecule is CC(C)Oc1cc2nc(C34CCC(C)(C3)OC4)cn2cc1C(=O)Nc1cccn(C(F)F)c1=O. The van der Waals surface area contributed by atoms with Crippen LogP contribution in [0.25, 0.3) is 5.65 Å². The molecular formula is C24H26F2N4O4. The molecule has 2 aliphatic rings. The maximum absolute atomic E-state index is 13.1. The van der Waals surface area contributed by atoms with Crippen molar-refractivity contribution >= 4 is 17.2 Å². The largest absolute Gasteiger partial charge is 0.490 e. The molecule has 2 fully saturated rings. The van der Waals surface area contributed by atoms with E-state index in [1.54, 1.807) is 16.7 Å². The van der Waals surface area contributed by atoms with Gasteiger partial charge in [0.05, 0.1) is 29.6 Å². The highest BCUT2D eigenvalue weighted by molar-refractivity contribution is 6.06. The number of hydrogen-bond donors (Lipinski definition) is 1. The van der Waals surface area contributed by atoms with Crippen LogP contribution in [0.1, 0.15) is 62.6 Å². The third kappa shape index (κ3) is 3.75. The van der Waals surface area contributed by atoms with Gasteiger partial charge in [0.15, 0.2) is 0 Å². The van der Waals surface area contributed by atoms with Gasteiger partial charge >= 0.3 is 6.55 Å². The van der Waals surface area contributed by atoms with Crippen molar-refractivity contribution in [1.82, 2.24) is 14.0 Å². The number of imidazole rings is 1. The van der Waals surface area contributed by atoms with Gasteiger partial charge in [-0.25, -0.2) is 4.98 Å². The van der Waals surface area contributed by atoms with Crippen molar-refractivity contribution in [2.24, 2.45) is 0 Å². The van der Waals surface area contributed by atoms with Crippen LogP contribution < -0.4 is 15.6 Å². The van der Waals surface area contributed by atoms with Gasteiger partial charge < -0.3 is 19.2 Å². The highest BCUT2D eigenvalue weighted by Gasteiger charge is 2.55. The number of amides is 1. The summed E-state index contributed by atoms with van der Waals surface area (Å²) in [5, 5.41) is 2.45. The zero-order chi connectivity index (χ0) is 24.3. The lowest BCUT2D eigenvalue weighted by molar-refractivity contribution is -0.00627. The van der Waals surface area contributed by atoms with E-state index in [-0.39, 0.29) is 32.9 Å². The number of carbonyl (C=O) groups is 1. The van der Waals surface area contributed by atoms with Crippen LogP contribution in [-0.4, -0.2) is 38.2 Å². The van der Waals surface area contributed by atoms with Crippen LogP contribution in [0.2, 0.25) is 0 Å². The number of alkyl halides is 2. The first kappa shape index (κ1) is 22.5. The molecule has 3 aromatic heterocycles. The lowest BCUT2D eigenvalue weighted by Crippen LogP contribution is -2.26. The molecule has 2 atom stereocenters.